The van der Waals surface area contributed by atoms with Crippen LogP contribution in [0.15, 0.2) is 4.52 Å². The standard InChI is InChI=1S/C13H23N3O2/c1-10(17-2)9-12-15-13(18-16-12)7-6-11-5-3-4-8-14-11/h10-11,14H,3-9H2,1-2H3. The molecule has 1 aliphatic rings. The first-order chi connectivity index (χ1) is 8.78. The molecule has 0 spiro atoms. The van der Waals surface area contributed by atoms with Crippen molar-refractivity contribution in [2.45, 2.75) is 57.6 Å². The number of ether oxygens (including phenoxy) is 1. The average Bonchev–Trinajstić information content (AvgIpc) is 2.85. The molecular weight excluding hydrogens is 230 g/mol. The van der Waals surface area contributed by atoms with E-state index < -0.39 is 0 Å². The Morgan fingerprint density at radius 1 is 1.50 bits per heavy atom. The fourth-order valence-electron chi connectivity index (χ4n) is 2.28. The molecule has 0 aliphatic carbocycles. The summed E-state index contributed by atoms with van der Waals surface area (Å²) in [6.07, 6.45) is 6.70. The monoisotopic (exact) mass is 253 g/mol. The van der Waals surface area contributed by atoms with Crippen molar-refractivity contribution in [3.63, 3.8) is 0 Å². The van der Waals surface area contributed by atoms with Crippen molar-refractivity contribution in [3.05, 3.63) is 11.7 Å². The van der Waals surface area contributed by atoms with Crippen LogP contribution in [0.2, 0.25) is 0 Å². The molecule has 5 nitrogen and oxygen atoms in total. The summed E-state index contributed by atoms with van der Waals surface area (Å²) in [6, 6.07) is 0.618. The minimum atomic E-state index is 0.135. The van der Waals surface area contributed by atoms with Crippen LogP contribution in [0.5, 0.6) is 0 Å². The summed E-state index contributed by atoms with van der Waals surface area (Å²) < 4.78 is 10.4. The van der Waals surface area contributed by atoms with E-state index in [1.807, 2.05) is 6.92 Å². The third-order valence-corrected chi connectivity index (χ3v) is 3.50. The van der Waals surface area contributed by atoms with Crippen molar-refractivity contribution in [2.75, 3.05) is 13.7 Å². The normalized spacial score (nSPS) is 22.0. The first-order valence-corrected chi connectivity index (χ1v) is 6.85. The first-order valence-electron chi connectivity index (χ1n) is 6.85. The van der Waals surface area contributed by atoms with Gasteiger partial charge in [0.25, 0.3) is 0 Å². The van der Waals surface area contributed by atoms with Crippen molar-refractivity contribution < 1.29 is 9.26 Å². The molecule has 0 saturated carbocycles. The molecule has 0 bridgehead atoms. The van der Waals surface area contributed by atoms with Gasteiger partial charge in [0.05, 0.1) is 6.10 Å². The quantitative estimate of drug-likeness (QED) is 0.836. The van der Waals surface area contributed by atoms with Crippen LogP contribution in [0, 0.1) is 0 Å². The zero-order valence-electron chi connectivity index (χ0n) is 11.3. The molecule has 1 fully saturated rings. The summed E-state index contributed by atoms with van der Waals surface area (Å²) in [5.74, 6) is 1.50. The number of aromatic nitrogens is 2. The maximum atomic E-state index is 5.26. The van der Waals surface area contributed by atoms with E-state index in [4.69, 9.17) is 9.26 Å². The number of hydrogen-bond donors (Lipinski definition) is 1. The molecule has 1 N–H and O–H groups in total. The number of methoxy groups -OCH3 is 1. The van der Waals surface area contributed by atoms with Gasteiger partial charge < -0.3 is 14.6 Å². The van der Waals surface area contributed by atoms with Gasteiger partial charge >= 0.3 is 0 Å². The molecule has 0 amide bonds. The summed E-state index contributed by atoms with van der Waals surface area (Å²) in [7, 11) is 1.69. The van der Waals surface area contributed by atoms with Crippen LogP contribution in [-0.4, -0.2) is 35.9 Å². The second-order valence-electron chi connectivity index (χ2n) is 5.04. The number of piperidine rings is 1. The molecule has 1 aromatic rings. The fraction of sp³-hybridized carbons (Fsp3) is 0.846. The van der Waals surface area contributed by atoms with Gasteiger partial charge in [-0.05, 0) is 32.7 Å². The Morgan fingerprint density at radius 2 is 2.39 bits per heavy atom. The van der Waals surface area contributed by atoms with Gasteiger partial charge in [0.1, 0.15) is 0 Å². The Kier molecular flexibility index (Phi) is 5.13. The Morgan fingerprint density at radius 3 is 3.11 bits per heavy atom. The number of nitrogens with zero attached hydrogens (tertiary/aromatic N) is 2. The summed E-state index contributed by atoms with van der Waals surface area (Å²) in [6.45, 7) is 3.15. The molecule has 2 unspecified atom stereocenters. The highest BCUT2D eigenvalue weighted by molar-refractivity contribution is 4.89. The number of aryl methyl sites for hydroxylation is 1. The second-order valence-corrected chi connectivity index (χ2v) is 5.04. The predicted octanol–water partition coefficient (Wildman–Crippen LogP) is 1.72. The maximum absolute atomic E-state index is 5.26. The summed E-state index contributed by atoms with van der Waals surface area (Å²) in [5, 5.41) is 7.51. The number of rotatable bonds is 6. The number of nitrogens with one attached hydrogen (secondary N) is 1. The van der Waals surface area contributed by atoms with Crippen molar-refractivity contribution >= 4 is 0 Å². The lowest BCUT2D eigenvalue weighted by atomic mass is 10.0. The molecule has 0 aromatic carbocycles. The van der Waals surface area contributed by atoms with Crippen molar-refractivity contribution in [1.82, 2.24) is 15.5 Å². The van der Waals surface area contributed by atoms with Crippen LogP contribution in [0.1, 0.15) is 44.3 Å². The second kappa shape index (κ2) is 6.85. The van der Waals surface area contributed by atoms with E-state index in [2.05, 4.69) is 15.5 Å². The van der Waals surface area contributed by atoms with Gasteiger partial charge in [0, 0.05) is 26.0 Å². The van der Waals surface area contributed by atoms with Crippen molar-refractivity contribution in [1.29, 1.82) is 0 Å². The van der Waals surface area contributed by atoms with Crippen molar-refractivity contribution in [3.8, 4) is 0 Å². The van der Waals surface area contributed by atoms with Gasteiger partial charge in [-0.1, -0.05) is 11.6 Å². The Labute approximate surface area is 108 Å². The summed E-state index contributed by atoms with van der Waals surface area (Å²) in [5.41, 5.74) is 0. The van der Waals surface area contributed by atoms with Crippen LogP contribution in [0.4, 0.5) is 0 Å². The first kappa shape index (κ1) is 13.5. The maximum Gasteiger partial charge on any atom is 0.226 e. The molecule has 102 valence electrons. The van der Waals surface area contributed by atoms with Gasteiger partial charge in [0.2, 0.25) is 5.89 Å². The lowest BCUT2D eigenvalue weighted by Crippen LogP contribution is -2.34. The zero-order valence-corrected chi connectivity index (χ0v) is 11.3. The van der Waals surface area contributed by atoms with E-state index in [9.17, 15) is 0 Å². The molecular formula is C13H23N3O2. The van der Waals surface area contributed by atoms with Crippen LogP contribution >= 0.6 is 0 Å². The lowest BCUT2D eigenvalue weighted by Gasteiger charge is -2.22. The van der Waals surface area contributed by atoms with Gasteiger partial charge in [0.15, 0.2) is 5.82 Å². The highest BCUT2D eigenvalue weighted by Gasteiger charge is 2.15. The molecule has 1 saturated heterocycles. The van der Waals surface area contributed by atoms with E-state index in [1.165, 1.54) is 19.3 Å². The van der Waals surface area contributed by atoms with Gasteiger partial charge in [-0.15, -0.1) is 0 Å². The summed E-state index contributed by atoms with van der Waals surface area (Å²) >= 11 is 0. The lowest BCUT2D eigenvalue weighted by molar-refractivity contribution is 0.116. The Balaban J connectivity index is 1.75. The molecule has 1 aliphatic heterocycles. The van der Waals surface area contributed by atoms with Gasteiger partial charge in [-0.25, -0.2) is 0 Å². The topological polar surface area (TPSA) is 60.2 Å². The summed E-state index contributed by atoms with van der Waals surface area (Å²) in [4.78, 5) is 4.40. The zero-order chi connectivity index (χ0) is 12.8. The average molecular weight is 253 g/mol. The Bertz CT molecular complexity index is 348. The molecule has 5 heteroatoms. The van der Waals surface area contributed by atoms with E-state index in [1.54, 1.807) is 7.11 Å². The van der Waals surface area contributed by atoms with Gasteiger partial charge in [-0.3, -0.25) is 0 Å². The van der Waals surface area contributed by atoms with Crippen molar-refractivity contribution in [2.24, 2.45) is 0 Å². The fourth-order valence-corrected chi connectivity index (χ4v) is 2.28. The third kappa shape index (κ3) is 4.07. The number of hydrogen-bond acceptors (Lipinski definition) is 5. The molecule has 0 radical (unpaired) electrons. The molecule has 2 heterocycles. The minimum Gasteiger partial charge on any atom is -0.381 e. The van der Waals surface area contributed by atoms with Crippen LogP contribution < -0.4 is 5.32 Å². The van der Waals surface area contributed by atoms with E-state index in [-0.39, 0.29) is 6.10 Å². The van der Waals surface area contributed by atoms with Gasteiger partial charge in [-0.2, -0.15) is 4.98 Å². The smallest absolute Gasteiger partial charge is 0.226 e. The van der Waals surface area contributed by atoms with Crippen LogP contribution in [0.25, 0.3) is 0 Å². The molecule has 18 heavy (non-hydrogen) atoms. The van der Waals surface area contributed by atoms with E-state index >= 15 is 0 Å². The highest BCUT2D eigenvalue weighted by atomic mass is 16.5. The van der Waals surface area contributed by atoms with Crippen LogP contribution in [0.3, 0.4) is 0 Å². The molecule has 2 rings (SSSR count). The minimum absolute atomic E-state index is 0.135. The third-order valence-electron chi connectivity index (χ3n) is 3.50. The van der Waals surface area contributed by atoms with E-state index in [0.717, 1.165) is 31.1 Å². The SMILES string of the molecule is COC(C)Cc1noc(CCC2CCCCN2)n1. The largest absolute Gasteiger partial charge is 0.381 e. The Hall–Kier alpha value is -0.940. The molecule has 1 aromatic heterocycles. The van der Waals surface area contributed by atoms with Crippen LogP contribution in [-0.2, 0) is 17.6 Å². The highest BCUT2D eigenvalue weighted by Crippen LogP contribution is 2.13. The molecule has 2 atom stereocenters. The predicted molar refractivity (Wildman–Crippen MR) is 68.4 cm³/mol. The van der Waals surface area contributed by atoms with E-state index in [0.29, 0.717) is 12.5 Å².